The van der Waals surface area contributed by atoms with Crippen molar-refractivity contribution in [1.82, 2.24) is 14.9 Å². The third-order valence-corrected chi connectivity index (χ3v) is 3.07. The zero-order chi connectivity index (χ0) is 18.6. The van der Waals surface area contributed by atoms with Crippen LogP contribution in [0.25, 0.3) is 0 Å². The molecule has 1 aromatic heterocycles. The fraction of sp³-hybridized carbons (Fsp3) is 0.333. The summed E-state index contributed by atoms with van der Waals surface area (Å²) in [5.41, 5.74) is -1.53. The Bertz CT molecular complexity index is 733. The number of alkyl halides is 3. The summed E-state index contributed by atoms with van der Waals surface area (Å²) < 4.78 is 65.9. The molecule has 0 fully saturated rings. The summed E-state index contributed by atoms with van der Waals surface area (Å²) in [6.07, 6.45) is -4.71. The maximum absolute atomic E-state index is 13.7. The van der Waals surface area contributed by atoms with E-state index < -0.39 is 23.5 Å². The van der Waals surface area contributed by atoms with E-state index in [4.69, 9.17) is 0 Å². The van der Waals surface area contributed by atoms with Gasteiger partial charge in [-0.1, -0.05) is 6.07 Å². The Balaban J connectivity index is 2.31. The molecule has 0 spiro atoms. The van der Waals surface area contributed by atoms with Gasteiger partial charge in [0.1, 0.15) is 5.82 Å². The second-order valence-corrected chi connectivity index (χ2v) is 5.42. The fourth-order valence-electron chi connectivity index (χ4n) is 1.87. The minimum atomic E-state index is -4.71. The molecule has 25 heavy (non-hydrogen) atoms. The summed E-state index contributed by atoms with van der Waals surface area (Å²) >= 11 is 0. The lowest BCUT2D eigenvalue weighted by molar-refractivity contribution is -0.141. The molecule has 0 radical (unpaired) electrons. The highest BCUT2D eigenvalue weighted by molar-refractivity contribution is 5.58. The van der Waals surface area contributed by atoms with Crippen molar-refractivity contribution in [2.45, 2.75) is 6.18 Å². The Morgan fingerprint density at radius 1 is 1.12 bits per heavy atom. The summed E-state index contributed by atoms with van der Waals surface area (Å²) in [5.74, 6) is -2.91. The lowest BCUT2D eigenvalue weighted by Crippen LogP contribution is -2.22. The van der Waals surface area contributed by atoms with Crippen LogP contribution in [0.1, 0.15) is 5.69 Å². The van der Waals surface area contributed by atoms with E-state index in [0.29, 0.717) is 19.2 Å². The number of benzene rings is 1. The average molecular weight is 361 g/mol. The molecule has 0 saturated carbocycles. The summed E-state index contributed by atoms with van der Waals surface area (Å²) in [6, 6.07) is 3.94. The van der Waals surface area contributed by atoms with Gasteiger partial charge in [0, 0.05) is 19.2 Å². The van der Waals surface area contributed by atoms with E-state index in [1.165, 1.54) is 12.1 Å². The lowest BCUT2D eigenvalue weighted by Gasteiger charge is -2.14. The summed E-state index contributed by atoms with van der Waals surface area (Å²) in [5, 5.41) is 5.02. The molecule has 1 aromatic carbocycles. The van der Waals surface area contributed by atoms with Crippen LogP contribution in [0.2, 0.25) is 0 Å². The monoisotopic (exact) mass is 361 g/mol. The second-order valence-electron chi connectivity index (χ2n) is 5.42. The van der Waals surface area contributed by atoms with Crippen molar-refractivity contribution >= 4 is 17.5 Å². The SMILES string of the molecule is CN(C)CCNc1nc(Nc2cccc(F)c2F)cc(C(F)(F)F)n1. The molecule has 2 rings (SSSR count). The number of anilines is 3. The van der Waals surface area contributed by atoms with Gasteiger partial charge in [0.15, 0.2) is 17.3 Å². The van der Waals surface area contributed by atoms with E-state index in [1.54, 1.807) is 14.1 Å². The van der Waals surface area contributed by atoms with Crippen LogP contribution in [0.5, 0.6) is 0 Å². The highest BCUT2D eigenvalue weighted by Crippen LogP contribution is 2.31. The highest BCUT2D eigenvalue weighted by atomic mass is 19.4. The summed E-state index contributed by atoms with van der Waals surface area (Å²) in [6.45, 7) is 0.850. The molecule has 0 aliphatic carbocycles. The maximum Gasteiger partial charge on any atom is 0.433 e. The maximum atomic E-state index is 13.7. The number of hydrogen-bond acceptors (Lipinski definition) is 5. The van der Waals surface area contributed by atoms with Crippen molar-refractivity contribution in [3.05, 3.63) is 41.6 Å². The number of aromatic nitrogens is 2. The first-order valence-electron chi connectivity index (χ1n) is 7.22. The van der Waals surface area contributed by atoms with Crippen LogP contribution < -0.4 is 10.6 Å². The van der Waals surface area contributed by atoms with Crippen molar-refractivity contribution in [3.8, 4) is 0 Å². The van der Waals surface area contributed by atoms with Gasteiger partial charge in [-0.3, -0.25) is 0 Å². The zero-order valence-corrected chi connectivity index (χ0v) is 13.5. The lowest BCUT2D eigenvalue weighted by atomic mass is 10.3. The predicted molar refractivity (Wildman–Crippen MR) is 83.7 cm³/mol. The molecular formula is C15H16F5N5. The highest BCUT2D eigenvalue weighted by Gasteiger charge is 2.33. The van der Waals surface area contributed by atoms with Gasteiger partial charge in [-0.25, -0.2) is 13.8 Å². The molecule has 1 heterocycles. The van der Waals surface area contributed by atoms with Gasteiger partial charge in [-0.05, 0) is 26.2 Å². The Kier molecular flexibility index (Phi) is 5.73. The van der Waals surface area contributed by atoms with Crippen LogP contribution in [-0.2, 0) is 6.18 Å². The third-order valence-electron chi connectivity index (χ3n) is 3.07. The molecule has 2 N–H and O–H groups in total. The smallest absolute Gasteiger partial charge is 0.353 e. The van der Waals surface area contributed by atoms with Gasteiger partial charge in [0.2, 0.25) is 5.95 Å². The van der Waals surface area contributed by atoms with Gasteiger partial charge in [-0.2, -0.15) is 18.2 Å². The average Bonchev–Trinajstić information content (AvgIpc) is 2.50. The Morgan fingerprint density at radius 2 is 1.84 bits per heavy atom. The molecule has 0 unspecified atom stereocenters. The number of halogens is 5. The number of likely N-dealkylation sites (N-methyl/N-ethyl adjacent to an activating group) is 1. The van der Waals surface area contributed by atoms with Crippen LogP contribution in [0, 0.1) is 11.6 Å². The van der Waals surface area contributed by atoms with Crippen molar-refractivity contribution < 1.29 is 22.0 Å². The third kappa shape index (κ3) is 5.24. The van der Waals surface area contributed by atoms with Crippen molar-refractivity contribution in [2.24, 2.45) is 0 Å². The first-order chi connectivity index (χ1) is 11.7. The van der Waals surface area contributed by atoms with Crippen molar-refractivity contribution in [3.63, 3.8) is 0 Å². The van der Waals surface area contributed by atoms with Crippen LogP contribution in [0.15, 0.2) is 24.3 Å². The van der Waals surface area contributed by atoms with Crippen molar-refractivity contribution in [1.29, 1.82) is 0 Å². The van der Waals surface area contributed by atoms with Crippen LogP contribution in [0.3, 0.4) is 0 Å². The minimum absolute atomic E-state index is 0.268. The molecule has 2 aromatic rings. The Morgan fingerprint density at radius 3 is 2.48 bits per heavy atom. The number of rotatable bonds is 6. The first kappa shape index (κ1) is 18.8. The molecular weight excluding hydrogens is 345 g/mol. The molecule has 136 valence electrons. The van der Waals surface area contributed by atoms with E-state index >= 15 is 0 Å². The summed E-state index contributed by atoms with van der Waals surface area (Å²) in [4.78, 5) is 9.10. The van der Waals surface area contributed by atoms with E-state index in [2.05, 4.69) is 20.6 Å². The molecule has 10 heteroatoms. The van der Waals surface area contributed by atoms with E-state index in [-0.39, 0.29) is 17.5 Å². The predicted octanol–water partition coefficient (Wildman–Crippen LogP) is 3.49. The topological polar surface area (TPSA) is 53.1 Å². The number of hydrogen-bond donors (Lipinski definition) is 2. The quantitative estimate of drug-likeness (QED) is 0.772. The van der Waals surface area contributed by atoms with Crippen LogP contribution in [-0.4, -0.2) is 42.1 Å². The molecule has 0 bridgehead atoms. The number of nitrogens with one attached hydrogen (secondary N) is 2. The van der Waals surface area contributed by atoms with E-state index in [0.717, 1.165) is 6.07 Å². The van der Waals surface area contributed by atoms with Crippen molar-refractivity contribution in [2.75, 3.05) is 37.8 Å². The van der Waals surface area contributed by atoms with Gasteiger partial charge >= 0.3 is 6.18 Å². The second kappa shape index (κ2) is 7.60. The fourth-order valence-corrected chi connectivity index (χ4v) is 1.87. The molecule has 0 aliphatic heterocycles. The Hall–Kier alpha value is -2.49. The van der Waals surface area contributed by atoms with Gasteiger partial charge < -0.3 is 15.5 Å². The Labute approximate surface area is 140 Å². The molecule has 5 nitrogen and oxygen atoms in total. The largest absolute Gasteiger partial charge is 0.433 e. The molecule has 0 amide bonds. The van der Waals surface area contributed by atoms with E-state index in [1.807, 2.05) is 4.90 Å². The molecule has 0 atom stereocenters. The normalized spacial score (nSPS) is 11.7. The molecule has 0 aliphatic rings. The zero-order valence-electron chi connectivity index (χ0n) is 13.5. The standard InChI is InChI=1S/C15H16F5N5/c1-25(2)7-6-21-14-23-11(15(18,19)20)8-12(24-14)22-10-5-3-4-9(16)13(10)17/h3-5,8H,6-7H2,1-2H3,(H2,21,22,23,24). The summed E-state index contributed by atoms with van der Waals surface area (Å²) in [7, 11) is 3.60. The number of nitrogens with zero attached hydrogens (tertiary/aromatic N) is 3. The van der Waals surface area contributed by atoms with Gasteiger partial charge in [-0.15, -0.1) is 0 Å². The van der Waals surface area contributed by atoms with Crippen LogP contribution in [0.4, 0.5) is 39.4 Å². The molecule has 0 saturated heterocycles. The van der Waals surface area contributed by atoms with Gasteiger partial charge in [0.25, 0.3) is 0 Å². The minimum Gasteiger partial charge on any atom is -0.353 e. The first-order valence-corrected chi connectivity index (χ1v) is 7.22. The van der Waals surface area contributed by atoms with Crippen LogP contribution >= 0.6 is 0 Å². The van der Waals surface area contributed by atoms with E-state index in [9.17, 15) is 22.0 Å². The van der Waals surface area contributed by atoms with Gasteiger partial charge in [0.05, 0.1) is 5.69 Å².